The zero-order chi connectivity index (χ0) is 3.58. The Balaban J connectivity index is -0.0000000450. The van der Waals surface area contributed by atoms with Gasteiger partial charge in [0.25, 0.3) is 11.4 Å². The maximum Gasteiger partial charge on any atom is 1.00 e. The van der Waals surface area contributed by atoms with Gasteiger partial charge in [-0.25, -0.2) is 0 Å². The molecule has 3 nitrogen and oxygen atoms in total. The van der Waals surface area contributed by atoms with Crippen LogP contribution < -0.4 is 34.3 Å². The van der Waals surface area contributed by atoms with Gasteiger partial charge in [-0.3, -0.25) is 9.11 Å². The van der Waals surface area contributed by atoms with E-state index in [1.165, 1.54) is 0 Å². The quantitative estimate of drug-likeness (QED) is 0.249. The van der Waals surface area contributed by atoms with E-state index < -0.39 is 11.4 Å². The summed E-state index contributed by atoms with van der Waals surface area (Å²) in [5.74, 6) is 0. The van der Waals surface area contributed by atoms with Crippen molar-refractivity contribution in [2.24, 2.45) is 0 Å². The first kappa shape index (κ1) is 15.8. The molecular weight excluding hydrogens is 122 g/mol. The minimum absolute atomic E-state index is 0. The van der Waals surface area contributed by atoms with Gasteiger partial charge in [-0.15, -0.1) is 0 Å². The predicted octanol–water partition coefficient (Wildman–Crippen LogP) is -6.31. The fourth-order valence-electron chi connectivity index (χ4n) is 0. The van der Waals surface area contributed by atoms with Crippen molar-refractivity contribution in [2.45, 2.75) is 0 Å². The van der Waals surface area contributed by atoms with Gasteiger partial charge in [0.05, 0.1) is 0 Å². The van der Waals surface area contributed by atoms with E-state index in [9.17, 15) is 0 Å². The zero-order valence-corrected chi connectivity index (χ0v) is 5.91. The second-order valence-electron chi connectivity index (χ2n) is 0.231. The molecule has 0 bridgehead atoms. The van der Waals surface area contributed by atoms with Crippen LogP contribution in [-0.2, 0) is 11.4 Å². The van der Waals surface area contributed by atoms with Gasteiger partial charge in [0.15, 0.2) is 0 Å². The van der Waals surface area contributed by atoms with Crippen LogP contribution in [0.3, 0.4) is 0 Å². The van der Waals surface area contributed by atoms with Crippen molar-refractivity contribution in [3.63, 3.8) is 0 Å². The number of hydrogen-bond donors (Lipinski definition) is 2. The zero-order valence-electron chi connectivity index (χ0n) is 3.09. The average Bonchev–Trinajstić information content (AvgIpc) is 0.811. The molecule has 0 atom stereocenters. The molecule has 0 rings (SSSR count). The summed E-state index contributed by atoms with van der Waals surface area (Å²) in [6, 6.07) is 0. The summed E-state index contributed by atoms with van der Waals surface area (Å²) >= 11 is -2.61. The van der Waals surface area contributed by atoms with Gasteiger partial charge >= 0.3 is 29.6 Å². The van der Waals surface area contributed by atoms with Gasteiger partial charge in [0, 0.05) is 0 Å². The standard InChI is InChI=1S/FH.Na.H2O3S/c;;1-4(2)3/h1H;;(H2,1,2,3)/q;+1;/p-1. The molecule has 34 valence electrons. The first-order valence-corrected chi connectivity index (χ1v) is 1.60. The van der Waals surface area contributed by atoms with Crippen molar-refractivity contribution < 1.29 is 47.6 Å². The molecule has 0 fully saturated rings. The van der Waals surface area contributed by atoms with Crippen LogP contribution in [0.1, 0.15) is 0 Å². The molecule has 0 aromatic carbocycles. The van der Waals surface area contributed by atoms with Gasteiger partial charge in [-0.05, 0) is 0 Å². The molecule has 2 N–H and O–H groups in total. The van der Waals surface area contributed by atoms with Crippen LogP contribution in [0.15, 0.2) is 0 Å². The molecule has 6 heteroatoms. The van der Waals surface area contributed by atoms with Gasteiger partial charge in [-0.2, -0.15) is 4.21 Å². The Bertz CT molecular complexity index is 33.8. The third kappa shape index (κ3) is 80.0. The summed E-state index contributed by atoms with van der Waals surface area (Å²) in [5, 5.41) is 0. The van der Waals surface area contributed by atoms with E-state index in [0.717, 1.165) is 0 Å². The maximum atomic E-state index is 8.67. The molecular formula is H2FNaO3S. The molecule has 6 heavy (non-hydrogen) atoms. The molecule has 0 aromatic rings. The summed E-state index contributed by atoms with van der Waals surface area (Å²) in [4.78, 5) is 0. The summed E-state index contributed by atoms with van der Waals surface area (Å²) in [7, 11) is 0. The Morgan fingerprint density at radius 1 is 1.33 bits per heavy atom. The van der Waals surface area contributed by atoms with Crippen LogP contribution in [0.2, 0.25) is 0 Å². The van der Waals surface area contributed by atoms with Crippen molar-refractivity contribution in [3.05, 3.63) is 0 Å². The normalized spacial score (nSPS) is 5.83. The van der Waals surface area contributed by atoms with E-state index in [1.807, 2.05) is 0 Å². The molecule has 0 aliphatic carbocycles. The van der Waals surface area contributed by atoms with Crippen molar-refractivity contribution >= 4 is 11.4 Å². The van der Waals surface area contributed by atoms with E-state index in [4.69, 9.17) is 13.3 Å². The maximum absolute atomic E-state index is 8.67. The molecule has 0 heterocycles. The Kier molecular flexibility index (Phi) is 24.6. The van der Waals surface area contributed by atoms with Crippen LogP contribution in [0, 0.1) is 0 Å². The van der Waals surface area contributed by atoms with Gasteiger partial charge in [-0.1, -0.05) is 0 Å². The van der Waals surface area contributed by atoms with Crippen LogP contribution in [0.4, 0.5) is 0 Å². The van der Waals surface area contributed by atoms with Crippen LogP contribution in [-0.4, -0.2) is 13.3 Å². The molecule has 0 saturated carbocycles. The van der Waals surface area contributed by atoms with Gasteiger partial charge in [0.1, 0.15) is 0 Å². The second-order valence-corrected chi connectivity index (χ2v) is 0.692. The fourth-order valence-corrected chi connectivity index (χ4v) is 0. The summed E-state index contributed by atoms with van der Waals surface area (Å²) in [6.07, 6.45) is 0. The Labute approximate surface area is 58.9 Å². The summed E-state index contributed by atoms with van der Waals surface area (Å²) in [6.45, 7) is 0. The summed E-state index contributed by atoms with van der Waals surface area (Å²) < 4.78 is 22.8. The Hall–Kier alpha value is 1.00. The molecule has 0 saturated heterocycles. The average molecular weight is 124 g/mol. The number of hydrogen-bond acceptors (Lipinski definition) is 1. The van der Waals surface area contributed by atoms with E-state index in [1.54, 1.807) is 0 Å². The minimum atomic E-state index is -2.61. The smallest absolute Gasteiger partial charge is 1.00 e. The first-order chi connectivity index (χ1) is 1.73. The number of rotatable bonds is 0. The number of halogens is 1. The van der Waals surface area contributed by atoms with Crippen LogP contribution >= 0.6 is 0 Å². The van der Waals surface area contributed by atoms with Crippen molar-refractivity contribution in [1.82, 2.24) is 0 Å². The predicted molar refractivity (Wildman–Crippen MR) is 13.4 cm³/mol. The Morgan fingerprint density at radius 3 is 1.33 bits per heavy atom. The van der Waals surface area contributed by atoms with Crippen LogP contribution in [0.5, 0.6) is 0 Å². The third-order valence-corrected chi connectivity index (χ3v) is 0. The topological polar surface area (TPSA) is 57.5 Å². The summed E-state index contributed by atoms with van der Waals surface area (Å²) in [5.41, 5.74) is 0. The van der Waals surface area contributed by atoms with Gasteiger partial charge in [0.2, 0.25) is 0 Å². The molecule has 0 aliphatic rings. The molecule has 0 spiro atoms. The third-order valence-electron chi connectivity index (χ3n) is 0. The molecule has 0 amide bonds. The largest absolute Gasteiger partial charge is 1.00 e. The molecule has 0 unspecified atom stereocenters. The SMILES string of the molecule is O=S(O)O.[F-].[Na+]. The van der Waals surface area contributed by atoms with Crippen molar-refractivity contribution in [3.8, 4) is 0 Å². The monoisotopic (exact) mass is 124 g/mol. The van der Waals surface area contributed by atoms with E-state index in [0.29, 0.717) is 0 Å². The fraction of sp³-hybridized carbons (Fsp3) is 0. The molecule has 0 radical (unpaired) electrons. The Morgan fingerprint density at radius 2 is 1.33 bits per heavy atom. The van der Waals surface area contributed by atoms with E-state index in [-0.39, 0.29) is 34.3 Å². The van der Waals surface area contributed by atoms with Crippen LogP contribution in [0.25, 0.3) is 0 Å². The second kappa shape index (κ2) is 9.38. The molecule has 0 aromatic heterocycles. The van der Waals surface area contributed by atoms with E-state index in [2.05, 4.69) is 0 Å². The first-order valence-electron chi connectivity index (χ1n) is 0.532. The molecule has 0 aliphatic heterocycles. The van der Waals surface area contributed by atoms with Crippen molar-refractivity contribution in [1.29, 1.82) is 0 Å². The van der Waals surface area contributed by atoms with Crippen molar-refractivity contribution in [2.75, 3.05) is 0 Å². The van der Waals surface area contributed by atoms with E-state index >= 15 is 0 Å². The van der Waals surface area contributed by atoms with Gasteiger partial charge < -0.3 is 4.70 Å². The minimum Gasteiger partial charge on any atom is -1.00 e.